The lowest BCUT2D eigenvalue weighted by atomic mass is 10.0. The van der Waals surface area contributed by atoms with E-state index >= 15 is 0 Å². The fraction of sp³-hybridized carbons (Fsp3) is 0.500. The molecule has 1 aromatic rings. The number of aryl methyl sites for hydroxylation is 1. The summed E-state index contributed by atoms with van der Waals surface area (Å²) in [6.07, 6.45) is 2.39. The van der Waals surface area contributed by atoms with E-state index in [2.05, 4.69) is 16.8 Å². The highest BCUT2D eigenvalue weighted by molar-refractivity contribution is 7.10. The predicted octanol–water partition coefficient (Wildman–Crippen LogP) is 1.91. The van der Waals surface area contributed by atoms with Crippen LogP contribution in [-0.4, -0.2) is 12.5 Å². The van der Waals surface area contributed by atoms with Crippen molar-refractivity contribution in [3.63, 3.8) is 0 Å². The maximum absolute atomic E-state index is 10.7. The minimum atomic E-state index is 0.0729. The molecule has 0 aromatic carbocycles. The molecular weight excluding hydrogens is 182 g/mol. The van der Waals surface area contributed by atoms with Crippen molar-refractivity contribution < 1.29 is 4.79 Å². The number of hydrogen-bond donors (Lipinski definition) is 1. The Labute approximate surface area is 82.0 Å². The predicted molar refractivity (Wildman–Crippen MR) is 54.1 cm³/mol. The van der Waals surface area contributed by atoms with Crippen LogP contribution in [0.5, 0.6) is 0 Å². The summed E-state index contributed by atoms with van der Waals surface area (Å²) in [6.45, 7) is 2.38. The van der Waals surface area contributed by atoms with Crippen LogP contribution in [0.25, 0.3) is 0 Å². The van der Waals surface area contributed by atoms with Gasteiger partial charge in [0.25, 0.3) is 0 Å². The van der Waals surface area contributed by atoms with Crippen molar-refractivity contribution in [3.8, 4) is 0 Å². The number of hydrogen-bond acceptors (Lipinski definition) is 2. The molecule has 0 bridgehead atoms. The number of thiophene rings is 1. The molecule has 1 atom stereocenters. The summed E-state index contributed by atoms with van der Waals surface area (Å²) in [5.41, 5.74) is 1.46. The van der Waals surface area contributed by atoms with Crippen molar-refractivity contribution >= 4 is 17.2 Å². The van der Waals surface area contributed by atoms with Gasteiger partial charge in [-0.05, 0) is 29.9 Å². The molecule has 1 unspecified atom stereocenters. The summed E-state index contributed by atoms with van der Waals surface area (Å²) >= 11 is 1.84. The van der Waals surface area contributed by atoms with Gasteiger partial charge in [0.2, 0.25) is 5.91 Å². The van der Waals surface area contributed by atoms with Crippen LogP contribution < -0.4 is 5.32 Å². The van der Waals surface area contributed by atoms with Crippen molar-refractivity contribution in [2.24, 2.45) is 0 Å². The largest absolute Gasteiger partial charge is 0.356 e. The molecule has 1 amide bonds. The molecule has 2 rings (SSSR count). The topological polar surface area (TPSA) is 29.1 Å². The monoisotopic (exact) mass is 195 g/mol. The zero-order valence-electron chi connectivity index (χ0n) is 7.67. The third-order valence-electron chi connectivity index (χ3n) is 2.54. The van der Waals surface area contributed by atoms with Gasteiger partial charge in [-0.25, -0.2) is 0 Å². The average Bonchev–Trinajstić information content (AvgIpc) is 2.60. The standard InChI is InChI=1S/C10H13NOS/c1-7(12)11-6-8-2-3-10-9(8)4-5-13-10/h4-5,8H,2-3,6H2,1H3,(H,11,12). The fourth-order valence-electron chi connectivity index (χ4n) is 1.86. The molecule has 13 heavy (non-hydrogen) atoms. The number of amides is 1. The van der Waals surface area contributed by atoms with Crippen LogP contribution in [0, 0.1) is 0 Å². The van der Waals surface area contributed by atoms with Crippen molar-refractivity contribution in [1.82, 2.24) is 5.32 Å². The molecule has 0 saturated carbocycles. The zero-order chi connectivity index (χ0) is 9.26. The van der Waals surface area contributed by atoms with Crippen molar-refractivity contribution in [1.29, 1.82) is 0 Å². The van der Waals surface area contributed by atoms with E-state index in [9.17, 15) is 4.79 Å². The molecule has 70 valence electrons. The maximum Gasteiger partial charge on any atom is 0.216 e. The molecule has 1 aliphatic rings. The Morgan fingerprint density at radius 2 is 2.62 bits per heavy atom. The fourth-order valence-corrected chi connectivity index (χ4v) is 2.84. The highest BCUT2D eigenvalue weighted by atomic mass is 32.1. The quantitative estimate of drug-likeness (QED) is 0.767. The van der Waals surface area contributed by atoms with E-state index in [1.165, 1.54) is 23.3 Å². The van der Waals surface area contributed by atoms with Crippen LogP contribution in [0.2, 0.25) is 0 Å². The minimum Gasteiger partial charge on any atom is -0.356 e. The van der Waals surface area contributed by atoms with E-state index in [1.54, 1.807) is 6.92 Å². The van der Waals surface area contributed by atoms with E-state index in [0.29, 0.717) is 5.92 Å². The Balaban J connectivity index is 2.00. The van der Waals surface area contributed by atoms with E-state index in [4.69, 9.17) is 0 Å². The molecule has 0 spiro atoms. The first kappa shape index (κ1) is 8.75. The number of nitrogens with one attached hydrogen (secondary N) is 1. The molecular formula is C10H13NOS. The summed E-state index contributed by atoms with van der Waals surface area (Å²) in [7, 11) is 0. The molecule has 3 heteroatoms. The van der Waals surface area contributed by atoms with Crippen LogP contribution in [-0.2, 0) is 11.2 Å². The van der Waals surface area contributed by atoms with Gasteiger partial charge in [-0.2, -0.15) is 0 Å². The summed E-state index contributed by atoms with van der Waals surface area (Å²) < 4.78 is 0. The Morgan fingerprint density at radius 1 is 1.77 bits per heavy atom. The summed E-state index contributed by atoms with van der Waals surface area (Å²) in [5, 5.41) is 5.03. The van der Waals surface area contributed by atoms with Gasteiger partial charge in [0.1, 0.15) is 0 Å². The number of rotatable bonds is 2. The first-order valence-corrected chi connectivity index (χ1v) is 5.46. The molecule has 1 aliphatic carbocycles. The smallest absolute Gasteiger partial charge is 0.216 e. The van der Waals surface area contributed by atoms with Gasteiger partial charge < -0.3 is 5.32 Å². The van der Waals surface area contributed by atoms with E-state index in [1.807, 2.05) is 11.3 Å². The number of fused-ring (bicyclic) bond motifs is 1. The Morgan fingerprint density at radius 3 is 3.38 bits per heavy atom. The van der Waals surface area contributed by atoms with Crippen molar-refractivity contribution in [3.05, 3.63) is 21.9 Å². The third kappa shape index (κ3) is 1.75. The van der Waals surface area contributed by atoms with Crippen LogP contribution >= 0.6 is 11.3 Å². The van der Waals surface area contributed by atoms with Gasteiger partial charge in [-0.3, -0.25) is 4.79 Å². The van der Waals surface area contributed by atoms with Crippen molar-refractivity contribution in [2.75, 3.05) is 6.54 Å². The Bertz CT molecular complexity index is 318. The SMILES string of the molecule is CC(=O)NCC1CCc2sccc21. The molecule has 0 saturated heterocycles. The van der Waals surface area contributed by atoms with Crippen molar-refractivity contribution in [2.45, 2.75) is 25.7 Å². The second-order valence-corrected chi connectivity index (χ2v) is 4.47. The van der Waals surface area contributed by atoms with Crippen LogP contribution in [0.1, 0.15) is 29.7 Å². The Hall–Kier alpha value is -0.830. The lowest BCUT2D eigenvalue weighted by Gasteiger charge is -2.09. The molecule has 1 heterocycles. The third-order valence-corrected chi connectivity index (χ3v) is 3.53. The maximum atomic E-state index is 10.7. The van der Waals surface area contributed by atoms with Gasteiger partial charge in [0.15, 0.2) is 0 Å². The summed E-state index contributed by atoms with van der Waals surface area (Å²) in [5.74, 6) is 0.633. The van der Waals surface area contributed by atoms with Gasteiger partial charge >= 0.3 is 0 Å². The van der Waals surface area contributed by atoms with Crippen LogP contribution in [0.15, 0.2) is 11.4 Å². The summed E-state index contributed by atoms with van der Waals surface area (Å²) in [4.78, 5) is 12.3. The highest BCUT2D eigenvalue weighted by Crippen LogP contribution is 2.35. The molecule has 1 N–H and O–H groups in total. The Kier molecular flexibility index (Phi) is 2.36. The van der Waals surface area contributed by atoms with Gasteiger partial charge in [0.05, 0.1) is 0 Å². The average molecular weight is 195 g/mol. The zero-order valence-corrected chi connectivity index (χ0v) is 8.49. The second-order valence-electron chi connectivity index (χ2n) is 3.47. The minimum absolute atomic E-state index is 0.0729. The van der Waals surface area contributed by atoms with E-state index < -0.39 is 0 Å². The van der Waals surface area contributed by atoms with E-state index in [-0.39, 0.29) is 5.91 Å². The normalized spacial score (nSPS) is 19.9. The highest BCUT2D eigenvalue weighted by Gasteiger charge is 2.23. The van der Waals surface area contributed by atoms with Gasteiger partial charge in [-0.1, -0.05) is 0 Å². The first-order chi connectivity index (χ1) is 6.27. The van der Waals surface area contributed by atoms with E-state index in [0.717, 1.165) is 6.54 Å². The molecule has 0 aliphatic heterocycles. The number of carbonyl (C=O) groups excluding carboxylic acids is 1. The number of carbonyl (C=O) groups is 1. The molecule has 2 nitrogen and oxygen atoms in total. The first-order valence-electron chi connectivity index (χ1n) is 4.58. The lowest BCUT2D eigenvalue weighted by Crippen LogP contribution is -2.24. The van der Waals surface area contributed by atoms with Gasteiger partial charge in [0, 0.05) is 24.3 Å². The van der Waals surface area contributed by atoms with Crippen LogP contribution in [0.4, 0.5) is 0 Å². The molecule has 0 radical (unpaired) electrons. The summed E-state index contributed by atoms with van der Waals surface area (Å²) in [6, 6.07) is 2.19. The lowest BCUT2D eigenvalue weighted by molar-refractivity contribution is -0.119. The molecule has 0 fully saturated rings. The van der Waals surface area contributed by atoms with Crippen LogP contribution in [0.3, 0.4) is 0 Å². The van der Waals surface area contributed by atoms with Gasteiger partial charge in [-0.15, -0.1) is 11.3 Å². The molecule has 1 aromatic heterocycles. The second kappa shape index (κ2) is 3.50.